The van der Waals surface area contributed by atoms with Gasteiger partial charge in [0, 0.05) is 25.7 Å². The van der Waals surface area contributed by atoms with Crippen LogP contribution in [0.15, 0.2) is 16.1 Å². The van der Waals surface area contributed by atoms with Crippen molar-refractivity contribution in [1.82, 2.24) is 19.6 Å². The summed E-state index contributed by atoms with van der Waals surface area (Å²) in [5, 5.41) is 11.2. The van der Waals surface area contributed by atoms with Gasteiger partial charge in [0.25, 0.3) is 0 Å². The van der Waals surface area contributed by atoms with E-state index in [1.54, 1.807) is 11.8 Å². The van der Waals surface area contributed by atoms with Crippen molar-refractivity contribution < 1.29 is 0 Å². The van der Waals surface area contributed by atoms with Crippen molar-refractivity contribution in [2.24, 2.45) is 19.8 Å². The van der Waals surface area contributed by atoms with Gasteiger partial charge >= 0.3 is 0 Å². The first-order valence-electron chi connectivity index (χ1n) is 6.35. The highest BCUT2D eigenvalue weighted by Crippen LogP contribution is 2.32. The van der Waals surface area contributed by atoms with Crippen LogP contribution in [-0.2, 0) is 20.5 Å². The summed E-state index contributed by atoms with van der Waals surface area (Å²) in [4.78, 5) is 0. The molecule has 2 rings (SSSR count). The second-order valence-corrected chi connectivity index (χ2v) is 6.03. The van der Waals surface area contributed by atoms with Crippen molar-refractivity contribution in [2.45, 2.75) is 43.3 Å². The molecule has 0 saturated carbocycles. The molecule has 19 heavy (non-hydrogen) atoms. The number of hydrogen-bond acceptors (Lipinski definition) is 4. The monoisotopic (exact) mass is 279 g/mol. The van der Waals surface area contributed by atoms with E-state index in [0.29, 0.717) is 0 Å². The Hall–Kier alpha value is -1.27. The quantitative estimate of drug-likeness (QED) is 0.927. The molecule has 0 aromatic carbocycles. The Morgan fingerprint density at radius 3 is 2.47 bits per heavy atom. The third kappa shape index (κ3) is 3.01. The zero-order valence-corrected chi connectivity index (χ0v) is 13.0. The van der Waals surface area contributed by atoms with E-state index in [9.17, 15) is 0 Å². The first-order valence-corrected chi connectivity index (χ1v) is 7.16. The third-order valence-electron chi connectivity index (χ3n) is 2.98. The second-order valence-electron chi connectivity index (χ2n) is 5.02. The maximum absolute atomic E-state index is 5.94. The van der Waals surface area contributed by atoms with E-state index in [1.807, 2.05) is 44.2 Å². The Kier molecular flexibility index (Phi) is 4.01. The molecule has 0 fully saturated rings. The molecule has 0 aliphatic heterocycles. The molecule has 5 nitrogen and oxygen atoms in total. The zero-order valence-electron chi connectivity index (χ0n) is 12.1. The van der Waals surface area contributed by atoms with Gasteiger partial charge in [-0.05, 0) is 33.3 Å². The normalized spacial score (nSPS) is 12.9. The molecule has 0 radical (unpaired) electrons. The fraction of sp³-hybridized carbons (Fsp3) is 0.538. The van der Waals surface area contributed by atoms with E-state index in [4.69, 9.17) is 5.73 Å². The minimum atomic E-state index is 0.135. The van der Waals surface area contributed by atoms with Crippen molar-refractivity contribution in [3.05, 3.63) is 23.0 Å². The molecule has 0 bridgehead atoms. The summed E-state index contributed by atoms with van der Waals surface area (Å²) in [6.45, 7) is 6.06. The average Bonchev–Trinajstić information content (AvgIpc) is 2.72. The van der Waals surface area contributed by atoms with Crippen LogP contribution in [0.25, 0.3) is 0 Å². The third-order valence-corrected chi connectivity index (χ3v) is 4.27. The van der Waals surface area contributed by atoms with Crippen LogP contribution in [0, 0.1) is 13.8 Å². The van der Waals surface area contributed by atoms with Crippen molar-refractivity contribution >= 4 is 11.8 Å². The highest BCUT2D eigenvalue weighted by Gasteiger charge is 2.17. The van der Waals surface area contributed by atoms with Gasteiger partial charge in [0.15, 0.2) is 0 Å². The van der Waals surface area contributed by atoms with Gasteiger partial charge in [0.1, 0.15) is 10.1 Å². The fourth-order valence-electron chi connectivity index (χ4n) is 2.15. The Balaban J connectivity index is 2.36. The van der Waals surface area contributed by atoms with Crippen LogP contribution in [-0.4, -0.2) is 25.6 Å². The van der Waals surface area contributed by atoms with E-state index < -0.39 is 0 Å². The van der Waals surface area contributed by atoms with Crippen LogP contribution in [0.5, 0.6) is 0 Å². The molecule has 104 valence electrons. The van der Waals surface area contributed by atoms with Crippen molar-refractivity contribution in [3.8, 4) is 0 Å². The van der Waals surface area contributed by atoms with Gasteiger partial charge in [-0.3, -0.25) is 9.36 Å². The zero-order chi connectivity index (χ0) is 14.2. The number of nitrogens with zero attached hydrogens (tertiary/aromatic N) is 4. The van der Waals surface area contributed by atoms with Crippen molar-refractivity contribution in [1.29, 1.82) is 0 Å². The van der Waals surface area contributed by atoms with E-state index >= 15 is 0 Å². The molecule has 2 aromatic heterocycles. The molecule has 0 spiro atoms. The van der Waals surface area contributed by atoms with Crippen LogP contribution >= 0.6 is 11.8 Å². The van der Waals surface area contributed by atoms with Gasteiger partial charge in [-0.25, -0.2) is 0 Å². The molecule has 2 aromatic rings. The molecular weight excluding hydrogens is 258 g/mol. The fourth-order valence-corrected chi connectivity index (χ4v) is 3.27. The summed E-state index contributed by atoms with van der Waals surface area (Å²) in [5.41, 5.74) is 9.25. The minimum absolute atomic E-state index is 0.135. The lowest BCUT2D eigenvalue weighted by molar-refractivity contribution is 0.667. The summed E-state index contributed by atoms with van der Waals surface area (Å²) in [6.07, 6.45) is 0.846. The SMILES string of the molecule is Cc1cc(Sc2c(CC(C)N)c(C)nn2C)n(C)n1. The Morgan fingerprint density at radius 1 is 1.26 bits per heavy atom. The molecule has 6 heteroatoms. The second kappa shape index (κ2) is 5.38. The molecule has 0 amide bonds. The lowest BCUT2D eigenvalue weighted by Crippen LogP contribution is -2.18. The van der Waals surface area contributed by atoms with Crippen LogP contribution in [0.2, 0.25) is 0 Å². The molecule has 2 heterocycles. The number of rotatable bonds is 4. The molecular formula is C13H21N5S. The van der Waals surface area contributed by atoms with Crippen molar-refractivity contribution in [3.63, 3.8) is 0 Å². The summed E-state index contributed by atoms with van der Waals surface area (Å²) in [7, 11) is 3.94. The lowest BCUT2D eigenvalue weighted by Gasteiger charge is -2.08. The predicted octanol–water partition coefficient (Wildman–Crippen LogP) is 1.81. The van der Waals surface area contributed by atoms with E-state index in [0.717, 1.165) is 27.9 Å². The van der Waals surface area contributed by atoms with Crippen molar-refractivity contribution in [2.75, 3.05) is 0 Å². The largest absolute Gasteiger partial charge is 0.328 e. The molecule has 0 saturated heterocycles. The van der Waals surface area contributed by atoms with E-state index in [1.165, 1.54) is 5.56 Å². The minimum Gasteiger partial charge on any atom is -0.328 e. The van der Waals surface area contributed by atoms with Gasteiger partial charge < -0.3 is 5.73 Å². The topological polar surface area (TPSA) is 61.7 Å². The van der Waals surface area contributed by atoms with Crippen LogP contribution in [0.1, 0.15) is 23.9 Å². The average molecular weight is 279 g/mol. The van der Waals surface area contributed by atoms with Crippen LogP contribution < -0.4 is 5.73 Å². The van der Waals surface area contributed by atoms with E-state index in [2.05, 4.69) is 16.3 Å². The summed E-state index contributed by atoms with van der Waals surface area (Å²) in [6, 6.07) is 2.22. The van der Waals surface area contributed by atoms with Crippen LogP contribution in [0.4, 0.5) is 0 Å². The van der Waals surface area contributed by atoms with Gasteiger partial charge in [0.05, 0.1) is 11.4 Å². The number of aromatic nitrogens is 4. The first-order chi connectivity index (χ1) is 8.88. The predicted molar refractivity (Wildman–Crippen MR) is 77.4 cm³/mol. The number of hydrogen-bond donors (Lipinski definition) is 1. The summed E-state index contributed by atoms with van der Waals surface area (Å²) < 4.78 is 3.83. The molecule has 2 N–H and O–H groups in total. The molecule has 0 aliphatic carbocycles. The van der Waals surface area contributed by atoms with Crippen LogP contribution in [0.3, 0.4) is 0 Å². The summed E-state index contributed by atoms with van der Waals surface area (Å²) >= 11 is 1.70. The Bertz CT molecular complexity index is 582. The summed E-state index contributed by atoms with van der Waals surface area (Å²) in [5.74, 6) is 0. The highest BCUT2D eigenvalue weighted by atomic mass is 32.2. The highest BCUT2D eigenvalue weighted by molar-refractivity contribution is 7.99. The molecule has 0 aliphatic rings. The Morgan fingerprint density at radius 2 is 1.95 bits per heavy atom. The maximum Gasteiger partial charge on any atom is 0.103 e. The Labute approximate surface area is 118 Å². The molecule has 1 atom stereocenters. The maximum atomic E-state index is 5.94. The van der Waals surface area contributed by atoms with Gasteiger partial charge in [-0.1, -0.05) is 11.8 Å². The van der Waals surface area contributed by atoms with Gasteiger partial charge in [-0.2, -0.15) is 10.2 Å². The van der Waals surface area contributed by atoms with E-state index in [-0.39, 0.29) is 6.04 Å². The smallest absolute Gasteiger partial charge is 0.103 e. The number of nitrogens with two attached hydrogens (primary N) is 1. The lowest BCUT2D eigenvalue weighted by atomic mass is 10.1. The number of aryl methyl sites for hydroxylation is 4. The first kappa shape index (κ1) is 14.1. The molecule has 1 unspecified atom stereocenters. The standard InChI is InChI=1S/C13H21N5S/c1-8(14)6-11-10(3)16-18(5)13(11)19-12-7-9(2)15-17(12)4/h7-8H,6,14H2,1-5H3. The van der Waals surface area contributed by atoms with Gasteiger partial charge in [-0.15, -0.1) is 0 Å². The van der Waals surface area contributed by atoms with Gasteiger partial charge in [0.2, 0.25) is 0 Å².